The highest BCUT2D eigenvalue weighted by atomic mass is 35.5. The molecule has 2 heterocycles. The van der Waals surface area contributed by atoms with Gasteiger partial charge in [0, 0.05) is 12.1 Å². The number of ketones is 1. The Morgan fingerprint density at radius 1 is 1.31 bits per heavy atom. The summed E-state index contributed by atoms with van der Waals surface area (Å²) in [4.78, 5) is 12.6. The molecule has 16 heavy (non-hydrogen) atoms. The lowest BCUT2D eigenvalue weighted by Crippen LogP contribution is -3.00. The Bertz CT molecular complexity index is 450. The Hall–Kier alpha value is -1.19. The zero-order valence-electron chi connectivity index (χ0n) is 8.89. The Morgan fingerprint density at radius 2 is 2.00 bits per heavy atom. The van der Waals surface area contributed by atoms with Crippen molar-refractivity contribution in [3.63, 3.8) is 0 Å². The van der Waals surface area contributed by atoms with Gasteiger partial charge in [0.15, 0.2) is 12.4 Å². The molecule has 0 saturated carbocycles. The van der Waals surface area contributed by atoms with E-state index in [1.54, 1.807) is 0 Å². The molecule has 2 nitrogen and oxygen atoms in total. The van der Waals surface area contributed by atoms with Gasteiger partial charge in [0.25, 0.3) is 0 Å². The number of carbonyl (C=O) groups excluding carboxylic acids is 1. The largest absolute Gasteiger partial charge is 1.00 e. The quantitative estimate of drug-likeness (QED) is 0.520. The summed E-state index contributed by atoms with van der Waals surface area (Å²) in [6.45, 7) is 2.45. The van der Waals surface area contributed by atoms with Crippen molar-refractivity contribution in [2.24, 2.45) is 0 Å². The molecule has 4 heteroatoms. The number of carbonyl (C=O) groups is 1. The minimum atomic E-state index is 0. The molecule has 84 valence electrons. The van der Waals surface area contributed by atoms with Crippen LogP contribution in [0.4, 0.5) is 0 Å². The number of pyridine rings is 1. The summed E-state index contributed by atoms with van der Waals surface area (Å²) in [5, 5.41) is 1.92. The van der Waals surface area contributed by atoms with Gasteiger partial charge < -0.3 is 12.4 Å². The summed E-state index contributed by atoms with van der Waals surface area (Å²) in [7, 11) is 0. The summed E-state index contributed by atoms with van der Waals surface area (Å²) >= 11 is 1.49. The van der Waals surface area contributed by atoms with Crippen LogP contribution in [-0.4, -0.2) is 5.78 Å². The molecule has 0 unspecified atom stereocenters. The maximum absolute atomic E-state index is 11.7. The lowest BCUT2D eigenvalue weighted by molar-refractivity contribution is -0.683. The summed E-state index contributed by atoms with van der Waals surface area (Å²) in [6, 6.07) is 7.77. The molecule has 0 aliphatic rings. The normalized spacial score (nSPS) is 9.56. The number of halogens is 1. The first-order valence-electron chi connectivity index (χ1n) is 4.78. The third kappa shape index (κ3) is 3.15. The number of aryl methyl sites for hydroxylation is 1. The summed E-state index contributed by atoms with van der Waals surface area (Å²) in [5.74, 6) is 0.166. The van der Waals surface area contributed by atoms with Gasteiger partial charge in [-0.3, -0.25) is 4.79 Å². The Kier molecular flexibility index (Phi) is 4.65. The number of hydrogen-bond donors (Lipinski definition) is 0. The smallest absolute Gasteiger partial charge is 0.237 e. The van der Waals surface area contributed by atoms with Gasteiger partial charge in [-0.15, -0.1) is 11.3 Å². The van der Waals surface area contributed by atoms with Crippen LogP contribution in [-0.2, 0) is 6.54 Å². The molecule has 0 radical (unpaired) electrons. The van der Waals surface area contributed by atoms with E-state index in [1.165, 1.54) is 16.9 Å². The van der Waals surface area contributed by atoms with Crippen molar-refractivity contribution < 1.29 is 21.8 Å². The SMILES string of the molecule is Cc1cc[n+](CC(=O)c2cccs2)cc1.[Cl-]. The van der Waals surface area contributed by atoms with Crippen LogP contribution >= 0.6 is 11.3 Å². The second-order valence-corrected chi connectivity index (χ2v) is 4.40. The fraction of sp³-hybridized carbons (Fsp3) is 0.167. The summed E-state index contributed by atoms with van der Waals surface area (Å²) in [5.41, 5.74) is 1.20. The second-order valence-electron chi connectivity index (χ2n) is 3.45. The minimum Gasteiger partial charge on any atom is -1.00 e. The van der Waals surface area contributed by atoms with E-state index >= 15 is 0 Å². The predicted molar refractivity (Wildman–Crippen MR) is 60.0 cm³/mol. The summed E-state index contributed by atoms with van der Waals surface area (Å²) in [6.07, 6.45) is 3.86. The Balaban J connectivity index is 0.00000128. The maximum Gasteiger partial charge on any atom is 0.237 e. The van der Waals surface area contributed by atoms with Gasteiger partial charge in [-0.25, -0.2) is 0 Å². The fourth-order valence-electron chi connectivity index (χ4n) is 1.32. The summed E-state index contributed by atoms with van der Waals surface area (Å²) < 4.78 is 1.90. The van der Waals surface area contributed by atoms with E-state index in [9.17, 15) is 4.79 Å². The number of nitrogens with zero attached hydrogens (tertiary/aromatic N) is 1. The van der Waals surface area contributed by atoms with Gasteiger partial charge in [0.2, 0.25) is 12.3 Å². The number of thiophene rings is 1. The molecule has 0 spiro atoms. The third-order valence-corrected chi connectivity index (χ3v) is 3.09. The van der Waals surface area contributed by atoms with Crippen LogP contribution in [0.15, 0.2) is 42.0 Å². The molecule has 0 bridgehead atoms. The predicted octanol–water partition coefficient (Wildman–Crippen LogP) is -0.769. The van der Waals surface area contributed by atoms with Gasteiger partial charge in [-0.1, -0.05) is 6.07 Å². The van der Waals surface area contributed by atoms with E-state index in [0.29, 0.717) is 6.54 Å². The first kappa shape index (κ1) is 12.9. The highest BCUT2D eigenvalue weighted by Crippen LogP contribution is 2.08. The van der Waals surface area contributed by atoms with E-state index in [0.717, 1.165) is 4.88 Å². The van der Waals surface area contributed by atoms with E-state index in [1.807, 2.05) is 53.5 Å². The number of rotatable bonds is 3. The second kappa shape index (κ2) is 5.77. The molecule has 0 aromatic carbocycles. The van der Waals surface area contributed by atoms with Crippen LogP contribution in [0.25, 0.3) is 0 Å². The zero-order chi connectivity index (χ0) is 10.7. The monoisotopic (exact) mass is 253 g/mol. The van der Waals surface area contributed by atoms with Crippen molar-refractivity contribution >= 4 is 17.1 Å². The van der Waals surface area contributed by atoms with Crippen LogP contribution in [0.3, 0.4) is 0 Å². The molecule has 0 atom stereocenters. The number of Topliss-reactive ketones (excluding diaryl/α,β-unsaturated/α-hetero) is 1. The Morgan fingerprint density at radius 3 is 2.56 bits per heavy atom. The van der Waals surface area contributed by atoms with Crippen LogP contribution in [0.5, 0.6) is 0 Å². The van der Waals surface area contributed by atoms with Gasteiger partial charge in [-0.05, 0) is 23.9 Å². The number of hydrogen-bond acceptors (Lipinski definition) is 2. The Labute approximate surface area is 105 Å². The molecule has 2 rings (SSSR count). The van der Waals surface area contributed by atoms with Crippen molar-refractivity contribution in [2.75, 3.05) is 0 Å². The molecule has 0 fully saturated rings. The van der Waals surface area contributed by atoms with Crippen molar-refractivity contribution in [3.8, 4) is 0 Å². The highest BCUT2D eigenvalue weighted by Gasteiger charge is 2.12. The molecule has 0 amide bonds. The maximum atomic E-state index is 11.7. The van der Waals surface area contributed by atoms with Crippen LogP contribution in [0.2, 0.25) is 0 Å². The molecule has 0 N–H and O–H groups in total. The molecule has 2 aromatic heterocycles. The minimum absolute atomic E-state index is 0. The molecule has 2 aromatic rings. The van der Waals surface area contributed by atoms with Crippen LogP contribution in [0.1, 0.15) is 15.2 Å². The molecular weight excluding hydrogens is 242 g/mol. The van der Waals surface area contributed by atoms with Gasteiger partial charge >= 0.3 is 0 Å². The highest BCUT2D eigenvalue weighted by molar-refractivity contribution is 7.12. The fourth-order valence-corrected chi connectivity index (χ4v) is 1.98. The molecular formula is C12H12ClNOS. The third-order valence-electron chi connectivity index (χ3n) is 2.18. The van der Waals surface area contributed by atoms with Crippen molar-refractivity contribution in [3.05, 3.63) is 52.5 Å². The first-order valence-corrected chi connectivity index (χ1v) is 5.66. The van der Waals surface area contributed by atoms with Gasteiger partial charge in [0.05, 0.1) is 4.88 Å². The van der Waals surface area contributed by atoms with E-state index in [2.05, 4.69) is 0 Å². The van der Waals surface area contributed by atoms with Crippen molar-refractivity contribution in [1.82, 2.24) is 0 Å². The zero-order valence-corrected chi connectivity index (χ0v) is 10.5. The van der Waals surface area contributed by atoms with Crippen LogP contribution in [0, 0.1) is 6.92 Å². The molecule has 0 aliphatic heterocycles. The standard InChI is InChI=1S/C12H12NOS.ClH/c1-10-4-6-13(7-5-10)9-11(14)12-3-2-8-15-12;/h2-8H,9H2,1H3;1H/q+1;/p-1. The van der Waals surface area contributed by atoms with Crippen molar-refractivity contribution in [1.29, 1.82) is 0 Å². The first-order chi connectivity index (χ1) is 7.25. The molecule has 0 aliphatic carbocycles. The van der Waals surface area contributed by atoms with Gasteiger partial charge in [0.1, 0.15) is 0 Å². The topological polar surface area (TPSA) is 20.9 Å². The molecule has 0 saturated heterocycles. The van der Waals surface area contributed by atoms with E-state index < -0.39 is 0 Å². The van der Waals surface area contributed by atoms with Gasteiger partial charge in [-0.2, -0.15) is 4.57 Å². The lowest BCUT2D eigenvalue weighted by Gasteiger charge is -1.95. The van der Waals surface area contributed by atoms with E-state index in [4.69, 9.17) is 0 Å². The van der Waals surface area contributed by atoms with Crippen molar-refractivity contribution in [2.45, 2.75) is 13.5 Å². The average Bonchev–Trinajstić information content (AvgIpc) is 2.74. The van der Waals surface area contributed by atoms with E-state index in [-0.39, 0.29) is 18.2 Å². The van der Waals surface area contributed by atoms with Crippen LogP contribution < -0.4 is 17.0 Å². The average molecular weight is 254 g/mol. The number of aromatic nitrogens is 1. The lowest BCUT2D eigenvalue weighted by atomic mass is 10.3.